The highest BCUT2D eigenvalue weighted by atomic mass is 19.1. The van der Waals surface area contributed by atoms with Crippen molar-refractivity contribution in [2.24, 2.45) is 4.99 Å². The summed E-state index contributed by atoms with van der Waals surface area (Å²) in [5, 5.41) is 6.65. The number of rotatable bonds is 7. The van der Waals surface area contributed by atoms with Gasteiger partial charge in [-0.2, -0.15) is 0 Å². The van der Waals surface area contributed by atoms with Gasteiger partial charge in [-0.1, -0.05) is 19.9 Å². The van der Waals surface area contributed by atoms with Crippen LogP contribution in [0.5, 0.6) is 0 Å². The molecular weight excluding hydrogens is 324 g/mol. The average molecular weight is 353 g/mol. The lowest BCUT2D eigenvalue weighted by Gasteiger charge is -2.22. The van der Waals surface area contributed by atoms with Crippen LogP contribution in [0.4, 0.5) is 14.5 Å². The maximum absolute atomic E-state index is 13.9. The Morgan fingerprint density at radius 2 is 1.96 bits per heavy atom. The normalized spacial score (nSPS) is 18.1. The highest BCUT2D eigenvalue weighted by molar-refractivity contribution is 5.80. The molecule has 1 unspecified atom stereocenters. The number of para-hydroxylation sites is 1. The van der Waals surface area contributed by atoms with Gasteiger partial charge in [-0.3, -0.25) is 4.99 Å². The number of guanidine groups is 1. The van der Waals surface area contributed by atoms with Crippen molar-refractivity contribution >= 4 is 11.6 Å². The first-order chi connectivity index (χ1) is 12.1. The van der Waals surface area contributed by atoms with E-state index in [-0.39, 0.29) is 11.7 Å². The summed E-state index contributed by atoms with van der Waals surface area (Å²) >= 11 is 0. The van der Waals surface area contributed by atoms with Crippen LogP contribution in [0.15, 0.2) is 23.2 Å². The van der Waals surface area contributed by atoms with Gasteiger partial charge in [0.25, 0.3) is 0 Å². The van der Waals surface area contributed by atoms with E-state index in [9.17, 15) is 8.78 Å². The Labute approximate surface area is 149 Å². The van der Waals surface area contributed by atoms with E-state index in [1.807, 2.05) is 0 Å². The van der Waals surface area contributed by atoms with Crippen LogP contribution in [0.25, 0.3) is 0 Å². The molecule has 1 aliphatic rings. The zero-order chi connectivity index (χ0) is 18.2. The van der Waals surface area contributed by atoms with Crippen molar-refractivity contribution in [2.45, 2.75) is 26.3 Å². The van der Waals surface area contributed by atoms with Gasteiger partial charge in [-0.15, -0.1) is 0 Å². The van der Waals surface area contributed by atoms with Gasteiger partial charge in [-0.05, 0) is 31.6 Å². The first kappa shape index (κ1) is 19.4. The van der Waals surface area contributed by atoms with Gasteiger partial charge in [0.05, 0.1) is 0 Å². The van der Waals surface area contributed by atoms with E-state index in [0.717, 1.165) is 38.6 Å². The Balaban J connectivity index is 1.85. The minimum Gasteiger partial charge on any atom is -0.365 e. The fourth-order valence-electron chi connectivity index (χ4n) is 3.13. The highest BCUT2D eigenvalue weighted by Crippen LogP contribution is 2.26. The van der Waals surface area contributed by atoms with Crippen molar-refractivity contribution in [1.29, 1.82) is 0 Å². The van der Waals surface area contributed by atoms with Crippen LogP contribution in [0.3, 0.4) is 0 Å². The van der Waals surface area contributed by atoms with E-state index < -0.39 is 11.6 Å². The lowest BCUT2D eigenvalue weighted by Crippen LogP contribution is -2.46. The van der Waals surface area contributed by atoms with E-state index in [2.05, 4.69) is 34.4 Å². The zero-order valence-electron chi connectivity index (χ0n) is 15.4. The largest absolute Gasteiger partial charge is 0.365 e. The number of halogens is 2. The Morgan fingerprint density at radius 3 is 2.56 bits per heavy atom. The Bertz CT molecular complexity index is 554. The monoisotopic (exact) mass is 353 g/mol. The summed E-state index contributed by atoms with van der Waals surface area (Å²) in [6.07, 6.45) is 0.810. The number of anilines is 1. The molecule has 0 radical (unpaired) electrons. The van der Waals surface area contributed by atoms with Crippen molar-refractivity contribution < 1.29 is 8.78 Å². The van der Waals surface area contributed by atoms with Crippen molar-refractivity contribution in [3.05, 3.63) is 29.8 Å². The number of benzene rings is 1. The van der Waals surface area contributed by atoms with E-state index in [0.29, 0.717) is 13.1 Å². The molecule has 1 heterocycles. The quantitative estimate of drug-likeness (QED) is 0.582. The molecule has 0 saturated carbocycles. The molecule has 2 rings (SSSR count). The molecule has 1 atom stereocenters. The summed E-state index contributed by atoms with van der Waals surface area (Å²) in [6.45, 7) is 9.26. The van der Waals surface area contributed by atoms with Gasteiger partial charge in [0.15, 0.2) is 5.96 Å². The Hall–Kier alpha value is -1.89. The van der Waals surface area contributed by atoms with Crippen LogP contribution in [-0.2, 0) is 0 Å². The van der Waals surface area contributed by atoms with Crippen molar-refractivity contribution in [3.63, 3.8) is 0 Å². The molecular formula is C18H29F2N5. The van der Waals surface area contributed by atoms with Crippen molar-refractivity contribution in [1.82, 2.24) is 15.5 Å². The third kappa shape index (κ3) is 5.29. The van der Waals surface area contributed by atoms with Crippen LogP contribution in [0, 0.1) is 11.6 Å². The summed E-state index contributed by atoms with van der Waals surface area (Å²) in [6, 6.07) is 4.10. The van der Waals surface area contributed by atoms with Crippen LogP contribution < -0.4 is 15.5 Å². The molecule has 1 aromatic carbocycles. The van der Waals surface area contributed by atoms with Gasteiger partial charge in [0.2, 0.25) is 0 Å². The zero-order valence-corrected chi connectivity index (χ0v) is 15.4. The third-order valence-electron chi connectivity index (χ3n) is 4.62. The lowest BCUT2D eigenvalue weighted by atomic mass is 10.2. The molecule has 140 valence electrons. The molecule has 1 aliphatic heterocycles. The second-order valence-electron chi connectivity index (χ2n) is 6.17. The molecule has 2 N–H and O–H groups in total. The summed E-state index contributed by atoms with van der Waals surface area (Å²) < 4.78 is 27.8. The third-order valence-corrected chi connectivity index (χ3v) is 4.62. The fourth-order valence-corrected chi connectivity index (χ4v) is 3.13. The highest BCUT2D eigenvalue weighted by Gasteiger charge is 2.27. The van der Waals surface area contributed by atoms with E-state index in [4.69, 9.17) is 0 Å². The van der Waals surface area contributed by atoms with E-state index in [1.165, 1.54) is 18.2 Å². The summed E-state index contributed by atoms with van der Waals surface area (Å²) in [7, 11) is 1.73. The predicted molar refractivity (Wildman–Crippen MR) is 99.3 cm³/mol. The first-order valence-electron chi connectivity index (χ1n) is 8.97. The first-order valence-corrected chi connectivity index (χ1v) is 8.97. The van der Waals surface area contributed by atoms with Gasteiger partial charge < -0.3 is 20.4 Å². The van der Waals surface area contributed by atoms with Gasteiger partial charge in [0, 0.05) is 39.3 Å². The van der Waals surface area contributed by atoms with Crippen molar-refractivity contribution in [3.8, 4) is 0 Å². The molecule has 1 saturated heterocycles. The summed E-state index contributed by atoms with van der Waals surface area (Å²) in [5.41, 5.74) is 0.0660. The molecule has 0 spiro atoms. The van der Waals surface area contributed by atoms with Crippen LogP contribution in [0.2, 0.25) is 0 Å². The topological polar surface area (TPSA) is 42.9 Å². The maximum Gasteiger partial charge on any atom is 0.191 e. The average Bonchev–Trinajstić information content (AvgIpc) is 3.05. The Kier molecular flexibility index (Phi) is 7.43. The molecule has 5 nitrogen and oxygen atoms in total. The number of nitrogens with one attached hydrogen (secondary N) is 2. The second-order valence-corrected chi connectivity index (χ2v) is 6.17. The standard InChI is InChI=1S/C18H29F2N5/c1-4-24(5-2)12-10-22-18(21-3)23-14-9-11-25(13-14)17-15(19)7-6-8-16(17)20/h6-8,14H,4-5,9-13H2,1-3H3,(H2,21,22,23). The Morgan fingerprint density at radius 1 is 1.28 bits per heavy atom. The molecule has 0 amide bonds. The molecule has 1 fully saturated rings. The SMILES string of the molecule is CCN(CC)CCNC(=NC)NC1CCN(c2c(F)cccc2F)C1. The molecule has 7 heteroatoms. The molecule has 25 heavy (non-hydrogen) atoms. The van der Waals surface area contributed by atoms with Gasteiger partial charge in [-0.25, -0.2) is 8.78 Å². The minimum atomic E-state index is -0.512. The number of hydrogen-bond acceptors (Lipinski definition) is 3. The number of likely N-dealkylation sites (N-methyl/N-ethyl adjacent to an activating group) is 1. The minimum absolute atomic E-state index is 0.0660. The summed E-state index contributed by atoms with van der Waals surface area (Å²) in [4.78, 5) is 8.33. The maximum atomic E-state index is 13.9. The molecule has 0 aromatic heterocycles. The van der Waals surface area contributed by atoms with Crippen molar-refractivity contribution in [2.75, 3.05) is 51.2 Å². The molecule has 0 aliphatic carbocycles. The second kappa shape index (κ2) is 9.56. The van der Waals surface area contributed by atoms with Crippen LogP contribution in [-0.4, -0.2) is 63.2 Å². The predicted octanol–water partition coefficient (Wildman–Crippen LogP) is 2.05. The number of aliphatic imine (C=N–C) groups is 1. The van der Waals surface area contributed by atoms with Crippen LogP contribution in [0.1, 0.15) is 20.3 Å². The van der Waals surface area contributed by atoms with Crippen LogP contribution >= 0.6 is 0 Å². The number of nitrogens with zero attached hydrogens (tertiary/aromatic N) is 3. The smallest absolute Gasteiger partial charge is 0.191 e. The van der Waals surface area contributed by atoms with E-state index in [1.54, 1.807) is 11.9 Å². The summed E-state index contributed by atoms with van der Waals surface area (Å²) in [5.74, 6) is -0.294. The number of hydrogen-bond donors (Lipinski definition) is 2. The van der Waals surface area contributed by atoms with E-state index >= 15 is 0 Å². The molecule has 1 aromatic rings. The fraction of sp³-hybridized carbons (Fsp3) is 0.611. The lowest BCUT2D eigenvalue weighted by molar-refractivity contribution is 0.308. The molecule has 0 bridgehead atoms. The van der Waals surface area contributed by atoms with Gasteiger partial charge >= 0.3 is 0 Å². The van der Waals surface area contributed by atoms with Gasteiger partial charge in [0.1, 0.15) is 17.3 Å².